The molecule has 1 aliphatic rings. The summed E-state index contributed by atoms with van der Waals surface area (Å²) in [6.45, 7) is 1.63. The standard InChI is InChI=1S/C10H10O4/c1-2-6-7(9(11)12)4-3-5-8(6)10(13)14/h2-5,7H,1H3,(H,11,12)(H,13,14). The highest BCUT2D eigenvalue weighted by Gasteiger charge is 2.26. The lowest BCUT2D eigenvalue weighted by molar-refractivity contribution is -0.138. The Hall–Kier alpha value is -1.84. The molecule has 1 unspecified atom stereocenters. The topological polar surface area (TPSA) is 74.6 Å². The zero-order chi connectivity index (χ0) is 10.7. The normalized spacial score (nSPS) is 23.4. The van der Waals surface area contributed by atoms with Gasteiger partial charge in [0.1, 0.15) is 5.92 Å². The lowest BCUT2D eigenvalue weighted by Crippen LogP contribution is -2.20. The molecule has 1 rings (SSSR count). The molecular weight excluding hydrogens is 184 g/mol. The van der Waals surface area contributed by atoms with Crippen LogP contribution in [0.3, 0.4) is 0 Å². The highest BCUT2D eigenvalue weighted by atomic mass is 16.4. The van der Waals surface area contributed by atoms with Gasteiger partial charge in [0.05, 0.1) is 5.57 Å². The number of carboxylic acid groups (broad SMARTS) is 2. The van der Waals surface area contributed by atoms with Crippen LogP contribution in [0.4, 0.5) is 0 Å². The van der Waals surface area contributed by atoms with Crippen molar-refractivity contribution in [3.05, 3.63) is 35.5 Å². The average Bonchev–Trinajstić information content (AvgIpc) is 2.16. The third kappa shape index (κ3) is 1.74. The predicted molar refractivity (Wildman–Crippen MR) is 49.7 cm³/mol. The molecule has 74 valence electrons. The molecule has 14 heavy (non-hydrogen) atoms. The Bertz CT molecular complexity index is 360. The summed E-state index contributed by atoms with van der Waals surface area (Å²) in [7, 11) is 0. The predicted octanol–water partition coefficient (Wildman–Crippen LogP) is 1.21. The van der Waals surface area contributed by atoms with Crippen molar-refractivity contribution >= 4 is 11.9 Å². The molecule has 0 saturated heterocycles. The fraction of sp³-hybridized carbons (Fsp3) is 0.200. The largest absolute Gasteiger partial charge is 0.481 e. The van der Waals surface area contributed by atoms with E-state index in [1.165, 1.54) is 24.3 Å². The molecule has 0 spiro atoms. The Morgan fingerprint density at radius 2 is 2.07 bits per heavy atom. The number of rotatable bonds is 2. The van der Waals surface area contributed by atoms with Crippen molar-refractivity contribution in [1.29, 1.82) is 0 Å². The Kier molecular flexibility index (Phi) is 2.86. The molecule has 0 radical (unpaired) electrons. The first-order valence-electron chi connectivity index (χ1n) is 4.09. The van der Waals surface area contributed by atoms with Crippen LogP contribution in [0.15, 0.2) is 35.5 Å². The van der Waals surface area contributed by atoms with Crippen molar-refractivity contribution in [1.82, 2.24) is 0 Å². The SMILES string of the molecule is CC=C1C(C(=O)O)=CC=CC1C(=O)O. The maximum atomic E-state index is 10.8. The molecular formula is C10H10O4. The van der Waals surface area contributed by atoms with E-state index < -0.39 is 17.9 Å². The van der Waals surface area contributed by atoms with Gasteiger partial charge in [-0.25, -0.2) is 4.79 Å². The third-order valence-electron chi connectivity index (χ3n) is 2.02. The molecule has 0 aromatic carbocycles. The van der Waals surface area contributed by atoms with E-state index in [-0.39, 0.29) is 5.57 Å². The summed E-state index contributed by atoms with van der Waals surface area (Å²) in [5.41, 5.74) is 0.370. The second-order valence-electron chi connectivity index (χ2n) is 2.83. The first kappa shape index (κ1) is 10.2. The zero-order valence-electron chi connectivity index (χ0n) is 7.60. The highest BCUT2D eigenvalue weighted by molar-refractivity contribution is 5.96. The lowest BCUT2D eigenvalue weighted by Gasteiger charge is -2.16. The molecule has 0 aromatic heterocycles. The van der Waals surface area contributed by atoms with Gasteiger partial charge in [-0.2, -0.15) is 0 Å². The van der Waals surface area contributed by atoms with Crippen molar-refractivity contribution in [2.45, 2.75) is 6.92 Å². The Morgan fingerprint density at radius 1 is 1.43 bits per heavy atom. The van der Waals surface area contributed by atoms with E-state index in [1.807, 2.05) is 0 Å². The van der Waals surface area contributed by atoms with Crippen LogP contribution in [0, 0.1) is 5.92 Å². The van der Waals surface area contributed by atoms with Gasteiger partial charge >= 0.3 is 11.9 Å². The quantitative estimate of drug-likeness (QED) is 0.692. The number of hydrogen-bond acceptors (Lipinski definition) is 2. The van der Waals surface area contributed by atoms with Gasteiger partial charge < -0.3 is 10.2 Å². The van der Waals surface area contributed by atoms with Crippen LogP contribution in [0.25, 0.3) is 0 Å². The smallest absolute Gasteiger partial charge is 0.335 e. The molecule has 1 aliphatic carbocycles. The van der Waals surface area contributed by atoms with Gasteiger partial charge in [0, 0.05) is 0 Å². The summed E-state index contributed by atoms with van der Waals surface area (Å²) in [6.07, 6.45) is 5.83. The maximum Gasteiger partial charge on any atom is 0.335 e. The van der Waals surface area contributed by atoms with Crippen LogP contribution in [0.5, 0.6) is 0 Å². The lowest BCUT2D eigenvalue weighted by atomic mass is 9.88. The van der Waals surface area contributed by atoms with Crippen LogP contribution in [-0.2, 0) is 9.59 Å². The summed E-state index contributed by atoms with van der Waals surface area (Å²) in [5, 5.41) is 17.6. The highest BCUT2D eigenvalue weighted by Crippen LogP contribution is 2.25. The number of allylic oxidation sites excluding steroid dienone is 3. The third-order valence-corrected chi connectivity index (χ3v) is 2.02. The van der Waals surface area contributed by atoms with Crippen LogP contribution >= 0.6 is 0 Å². The van der Waals surface area contributed by atoms with Gasteiger partial charge in [0.2, 0.25) is 0 Å². The Labute approximate surface area is 80.9 Å². The molecule has 1 atom stereocenters. The van der Waals surface area contributed by atoms with E-state index in [1.54, 1.807) is 6.92 Å². The van der Waals surface area contributed by atoms with Crippen LogP contribution < -0.4 is 0 Å². The van der Waals surface area contributed by atoms with Crippen LogP contribution in [0.2, 0.25) is 0 Å². The van der Waals surface area contributed by atoms with Gasteiger partial charge in [-0.05, 0) is 18.6 Å². The fourth-order valence-corrected chi connectivity index (χ4v) is 1.38. The maximum absolute atomic E-state index is 10.8. The molecule has 0 heterocycles. The van der Waals surface area contributed by atoms with E-state index in [0.717, 1.165) is 0 Å². The number of aliphatic carboxylic acids is 2. The Morgan fingerprint density at radius 3 is 2.50 bits per heavy atom. The van der Waals surface area contributed by atoms with Crippen LogP contribution in [-0.4, -0.2) is 22.2 Å². The van der Waals surface area contributed by atoms with E-state index in [9.17, 15) is 9.59 Å². The zero-order valence-corrected chi connectivity index (χ0v) is 7.60. The van der Waals surface area contributed by atoms with Crippen molar-refractivity contribution < 1.29 is 19.8 Å². The number of carboxylic acids is 2. The minimum absolute atomic E-state index is 0.0439. The van der Waals surface area contributed by atoms with Crippen molar-refractivity contribution in [3.8, 4) is 0 Å². The van der Waals surface area contributed by atoms with E-state index in [0.29, 0.717) is 5.57 Å². The summed E-state index contributed by atoms with van der Waals surface area (Å²) < 4.78 is 0. The van der Waals surface area contributed by atoms with Crippen LogP contribution in [0.1, 0.15) is 6.92 Å². The first-order valence-corrected chi connectivity index (χ1v) is 4.09. The summed E-state index contributed by atoms with van der Waals surface area (Å²) >= 11 is 0. The summed E-state index contributed by atoms with van der Waals surface area (Å²) in [6, 6.07) is 0. The molecule has 4 nitrogen and oxygen atoms in total. The first-order chi connectivity index (χ1) is 6.57. The Balaban J connectivity index is 3.12. The van der Waals surface area contributed by atoms with E-state index in [2.05, 4.69) is 0 Å². The van der Waals surface area contributed by atoms with E-state index in [4.69, 9.17) is 10.2 Å². The molecule has 0 amide bonds. The average molecular weight is 194 g/mol. The van der Waals surface area contributed by atoms with Gasteiger partial charge in [-0.3, -0.25) is 4.79 Å². The van der Waals surface area contributed by atoms with E-state index >= 15 is 0 Å². The molecule has 0 aliphatic heterocycles. The van der Waals surface area contributed by atoms with Gasteiger partial charge in [-0.1, -0.05) is 18.2 Å². The van der Waals surface area contributed by atoms with Gasteiger partial charge in [0.25, 0.3) is 0 Å². The minimum atomic E-state index is -1.10. The summed E-state index contributed by atoms with van der Waals surface area (Å²) in [5.74, 6) is -2.99. The second kappa shape index (κ2) is 3.91. The number of hydrogen-bond donors (Lipinski definition) is 2. The minimum Gasteiger partial charge on any atom is -0.481 e. The molecule has 0 aromatic rings. The van der Waals surface area contributed by atoms with Crippen molar-refractivity contribution in [3.63, 3.8) is 0 Å². The van der Waals surface area contributed by atoms with Crippen molar-refractivity contribution in [2.24, 2.45) is 5.92 Å². The molecule has 0 fully saturated rings. The van der Waals surface area contributed by atoms with Crippen molar-refractivity contribution in [2.75, 3.05) is 0 Å². The molecule has 0 saturated carbocycles. The molecule has 4 heteroatoms. The molecule has 0 bridgehead atoms. The molecule has 2 N–H and O–H groups in total. The fourth-order valence-electron chi connectivity index (χ4n) is 1.38. The summed E-state index contributed by atoms with van der Waals surface area (Å²) in [4.78, 5) is 21.5. The number of carbonyl (C=O) groups is 2. The van der Waals surface area contributed by atoms with Gasteiger partial charge in [0.15, 0.2) is 0 Å². The second-order valence-corrected chi connectivity index (χ2v) is 2.83. The monoisotopic (exact) mass is 194 g/mol. The van der Waals surface area contributed by atoms with Gasteiger partial charge in [-0.15, -0.1) is 0 Å².